The topological polar surface area (TPSA) is 63.0 Å². The Bertz CT molecular complexity index is 536. The van der Waals surface area contributed by atoms with Gasteiger partial charge in [0.05, 0.1) is 6.04 Å². The van der Waals surface area contributed by atoms with Gasteiger partial charge in [0.1, 0.15) is 17.3 Å². The lowest BCUT2D eigenvalue weighted by atomic mass is 10.2. The highest BCUT2D eigenvalue weighted by molar-refractivity contribution is 5.47. The van der Waals surface area contributed by atoms with Crippen molar-refractivity contribution in [3.05, 3.63) is 35.4 Å². The van der Waals surface area contributed by atoms with E-state index in [-0.39, 0.29) is 6.04 Å². The molecule has 2 N–H and O–H groups in total. The van der Waals surface area contributed by atoms with E-state index in [1.807, 2.05) is 32.9 Å². The van der Waals surface area contributed by atoms with Crippen molar-refractivity contribution in [2.75, 3.05) is 17.7 Å². The Balaban J connectivity index is 2.18. The molecule has 0 amide bonds. The molecule has 5 heteroatoms. The molecule has 0 fully saturated rings. The highest BCUT2D eigenvalue weighted by Gasteiger charge is 2.12. The van der Waals surface area contributed by atoms with Crippen molar-refractivity contribution >= 4 is 11.8 Å². The lowest BCUT2D eigenvalue weighted by Gasteiger charge is -2.14. The molecule has 5 nitrogen and oxygen atoms in total. The molecule has 0 saturated heterocycles. The van der Waals surface area contributed by atoms with Crippen molar-refractivity contribution in [2.24, 2.45) is 0 Å². The summed E-state index contributed by atoms with van der Waals surface area (Å²) in [6.45, 7) is 5.95. The number of furan rings is 1. The van der Waals surface area contributed by atoms with Gasteiger partial charge in [-0.15, -0.1) is 0 Å². The van der Waals surface area contributed by atoms with Crippen molar-refractivity contribution in [3.8, 4) is 0 Å². The fourth-order valence-electron chi connectivity index (χ4n) is 1.67. The van der Waals surface area contributed by atoms with E-state index in [2.05, 4.69) is 20.6 Å². The zero-order valence-corrected chi connectivity index (χ0v) is 11.1. The van der Waals surface area contributed by atoms with Crippen molar-refractivity contribution in [2.45, 2.75) is 26.8 Å². The number of aryl methyl sites for hydroxylation is 2. The molecule has 18 heavy (non-hydrogen) atoms. The molecule has 0 radical (unpaired) electrons. The van der Waals surface area contributed by atoms with Gasteiger partial charge in [0, 0.05) is 18.8 Å². The van der Waals surface area contributed by atoms with E-state index in [4.69, 9.17) is 4.42 Å². The first kappa shape index (κ1) is 12.4. The molecule has 0 aliphatic heterocycles. The number of nitrogens with one attached hydrogen (secondary N) is 2. The molecule has 0 bridgehead atoms. The van der Waals surface area contributed by atoms with Gasteiger partial charge >= 0.3 is 0 Å². The van der Waals surface area contributed by atoms with E-state index in [0.717, 1.165) is 22.9 Å². The van der Waals surface area contributed by atoms with Crippen molar-refractivity contribution in [1.29, 1.82) is 0 Å². The van der Waals surface area contributed by atoms with Crippen LogP contribution in [0.1, 0.15) is 30.0 Å². The quantitative estimate of drug-likeness (QED) is 0.868. The zero-order chi connectivity index (χ0) is 13.1. The molecule has 0 spiro atoms. The van der Waals surface area contributed by atoms with Crippen LogP contribution in [0.15, 0.2) is 22.7 Å². The number of aromatic nitrogens is 2. The number of hydrogen-bond donors (Lipinski definition) is 2. The first-order valence-electron chi connectivity index (χ1n) is 5.94. The summed E-state index contributed by atoms with van der Waals surface area (Å²) in [4.78, 5) is 8.54. The van der Waals surface area contributed by atoms with E-state index >= 15 is 0 Å². The highest BCUT2D eigenvalue weighted by atomic mass is 16.3. The minimum Gasteiger partial charge on any atom is -0.464 e. The van der Waals surface area contributed by atoms with Crippen LogP contribution in [0, 0.1) is 13.8 Å². The van der Waals surface area contributed by atoms with Crippen LogP contribution in [0.2, 0.25) is 0 Å². The molecule has 2 aromatic heterocycles. The molecule has 2 aromatic rings. The summed E-state index contributed by atoms with van der Waals surface area (Å²) >= 11 is 0. The number of rotatable bonds is 4. The third-order valence-corrected chi connectivity index (χ3v) is 2.74. The Hall–Kier alpha value is -2.04. The number of anilines is 2. The van der Waals surface area contributed by atoms with E-state index in [0.29, 0.717) is 5.95 Å². The predicted octanol–water partition coefficient (Wildman–Crippen LogP) is 2.90. The molecular formula is C13H18N4O. The summed E-state index contributed by atoms with van der Waals surface area (Å²) in [5.41, 5.74) is 1.00. The largest absolute Gasteiger partial charge is 0.464 e. The summed E-state index contributed by atoms with van der Waals surface area (Å²) in [5.74, 6) is 3.23. The lowest BCUT2D eigenvalue weighted by Crippen LogP contribution is -2.10. The Morgan fingerprint density at radius 2 is 2.06 bits per heavy atom. The maximum absolute atomic E-state index is 5.59. The molecule has 0 aliphatic carbocycles. The molecule has 96 valence electrons. The monoisotopic (exact) mass is 246 g/mol. The van der Waals surface area contributed by atoms with Crippen molar-refractivity contribution in [1.82, 2.24) is 9.97 Å². The summed E-state index contributed by atoms with van der Waals surface area (Å²) in [7, 11) is 1.80. The van der Waals surface area contributed by atoms with Gasteiger partial charge in [-0.1, -0.05) is 0 Å². The molecule has 1 atom stereocenters. The smallest absolute Gasteiger partial charge is 0.224 e. The van der Waals surface area contributed by atoms with E-state index in [9.17, 15) is 0 Å². The molecular weight excluding hydrogens is 228 g/mol. The van der Waals surface area contributed by atoms with Crippen LogP contribution in [0.4, 0.5) is 11.8 Å². The fourth-order valence-corrected chi connectivity index (χ4v) is 1.67. The van der Waals surface area contributed by atoms with Gasteiger partial charge in [0.25, 0.3) is 0 Å². The highest BCUT2D eigenvalue weighted by Crippen LogP contribution is 2.22. The van der Waals surface area contributed by atoms with Crippen LogP contribution in [-0.4, -0.2) is 17.0 Å². The first-order chi connectivity index (χ1) is 8.60. The van der Waals surface area contributed by atoms with Gasteiger partial charge in [-0.25, -0.2) is 4.98 Å². The molecule has 2 heterocycles. The Kier molecular flexibility index (Phi) is 3.50. The van der Waals surface area contributed by atoms with Gasteiger partial charge < -0.3 is 15.1 Å². The van der Waals surface area contributed by atoms with Gasteiger partial charge in [0.2, 0.25) is 5.95 Å². The Labute approximate surface area is 107 Å². The zero-order valence-electron chi connectivity index (χ0n) is 11.1. The Morgan fingerprint density at radius 3 is 2.67 bits per heavy atom. The molecule has 0 saturated carbocycles. The lowest BCUT2D eigenvalue weighted by molar-refractivity contribution is 0.466. The van der Waals surface area contributed by atoms with Crippen LogP contribution in [0.3, 0.4) is 0 Å². The summed E-state index contributed by atoms with van der Waals surface area (Å²) < 4.78 is 5.59. The van der Waals surface area contributed by atoms with Crippen LogP contribution < -0.4 is 10.6 Å². The SMILES string of the molecule is CNc1ncc(C)c(NC(C)c2ccc(C)o2)n1. The number of nitrogens with zero attached hydrogens (tertiary/aromatic N) is 2. The second-order valence-corrected chi connectivity index (χ2v) is 4.29. The summed E-state index contributed by atoms with van der Waals surface area (Å²) in [6.07, 6.45) is 1.79. The maximum atomic E-state index is 5.59. The normalized spacial score (nSPS) is 12.2. The molecule has 1 unspecified atom stereocenters. The van der Waals surface area contributed by atoms with E-state index in [1.54, 1.807) is 13.2 Å². The van der Waals surface area contributed by atoms with Gasteiger partial charge in [-0.05, 0) is 32.9 Å². The fraction of sp³-hybridized carbons (Fsp3) is 0.385. The first-order valence-corrected chi connectivity index (χ1v) is 5.94. The van der Waals surface area contributed by atoms with Crippen LogP contribution >= 0.6 is 0 Å². The number of hydrogen-bond acceptors (Lipinski definition) is 5. The van der Waals surface area contributed by atoms with E-state index in [1.165, 1.54) is 0 Å². The minimum absolute atomic E-state index is 0.0667. The maximum Gasteiger partial charge on any atom is 0.224 e. The summed E-state index contributed by atoms with van der Waals surface area (Å²) in [5, 5.41) is 6.26. The van der Waals surface area contributed by atoms with E-state index < -0.39 is 0 Å². The van der Waals surface area contributed by atoms with Gasteiger partial charge in [0.15, 0.2) is 0 Å². The average Bonchev–Trinajstić information content (AvgIpc) is 2.79. The van der Waals surface area contributed by atoms with Crippen molar-refractivity contribution < 1.29 is 4.42 Å². The Morgan fingerprint density at radius 1 is 1.28 bits per heavy atom. The van der Waals surface area contributed by atoms with Gasteiger partial charge in [-0.2, -0.15) is 4.98 Å². The second kappa shape index (κ2) is 5.08. The third kappa shape index (κ3) is 2.61. The summed E-state index contributed by atoms with van der Waals surface area (Å²) in [6, 6.07) is 4.00. The van der Waals surface area contributed by atoms with Crippen LogP contribution in [-0.2, 0) is 0 Å². The second-order valence-electron chi connectivity index (χ2n) is 4.29. The molecule has 2 rings (SSSR count). The molecule has 0 aromatic carbocycles. The average molecular weight is 246 g/mol. The standard InChI is InChI=1S/C13H18N4O/c1-8-7-15-13(14-4)17-12(8)16-10(3)11-6-5-9(2)18-11/h5-7,10H,1-4H3,(H2,14,15,16,17). The minimum atomic E-state index is 0.0667. The van der Waals surface area contributed by atoms with Crippen LogP contribution in [0.25, 0.3) is 0 Å². The van der Waals surface area contributed by atoms with Crippen molar-refractivity contribution in [3.63, 3.8) is 0 Å². The van der Waals surface area contributed by atoms with Crippen LogP contribution in [0.5, 0.6) is 0 Å². The molecule has 0 aliphatic rings. The van der Waals surface area contributed by atoms with Gasteiger partial charge in [-0.3, -0.25) is 0 Å². The third-order valence-electron chi connectivity index (χ3n) is 2.74. The predicted molar refractivity (Wildman–Crippen MR) is 71.8 cm³/mol.